The molecule has 0 aliphatic rings. The molecule has 3 rings (SSSR count). The van der Waals surface area contributed by atoms with Crippen molar-refractivity contribution in [3.8, 4) is 0 Å². The van der Waals surface area contributed by atoms with Crippen LogP contribution in [0.25, 0.3) is 0 Å². The van der Waals surface area contributed by atoms with Gasteiger partial charge in [0.1, 0.15) is 5.82 Å². The highest BCUT2D eigenvalue weighted by Crippen LogP contribution is 2.15. The van der Waals surface area contributed by atoms with Gasteiger partial charge >= 0.3 is 0 Å². The third-order valence-electron chi connectivity index (χ3n) is 4.21. The molecule has 1 aromatic carbocycles. The molecule has 6 nitrogen and oxygen atoms in total. The number of aliphatic imine (C=N–C) groups is 1. The Morgan fingerprint density at radius 2 is 2.04 bits per heavy atom. The van der Waals surface area contributed by atoms with Crippen molar-refractivity contribution in [1.29, 1.82) is 0 Å². The largest absolute Gasteiger partial charge is 0.356 e. The lowest BCUT2D eigenvalue weighted by Crippen LogP contribution is -2.38. The maximum absolute atomic E-state index is 6.25. The molecule has 0 saturated heterocycles. The molecule has 2 aromatic heterocycles. The maximum atomic E-state index is 6.25. The Kier molecular flexibility index (Phi) is 6.84. The zero-order valence-corrected chi connectivity index (χ0v) is 17.0. The van der Waals surface area contributed by atoms with Gasteiger partial charge in [-0.3, -0.25) is 0 Å². The smallest absolute Gasteiger partial charge is 0.191 e. The third kappa shape index (κ3) is 5.55. The second kappa shape index (κ2) is 9.53. The van der Waals surface area contributed by atoms with Gasteiger partial charge in [0.15, 0.2) is 11.8 Å². The van der Waals surface area contributed by atoms with Gasteiger partial charge < -0.3 is 15.2 Å². The van der Waals surface area contributed by atoms with Gasteiger partial charge in [-0.2, -0.15) is 0 Å². The summed E-state index contributed by atoms with van der Waals surface area (Å²) in [5.74, 6) is 2.47. The van der Waals surface area contributed by atoms with E-state index < -0.39 is 0 Å². The number of aryl methyl sites for hydroxylation is 1. The lowest BCUT2D eigenvalue weighted by atomic mass is 10.2. The Labute approximate surface area is 168 Å². The van der Waals surface area contributed by atoms with Crippen molar-refractivity contribution in [2.45, 2.75) is 26.4 Å². The molecule has 0 unspecified atom stereocenters. The summed E-state index contributed by atoms with van der Waals surface area (Å²) >= 11 is 8.01. The lowest BCUT2D eigenvalue weighted by molar-refractivity contribution is 0.713. The zero-order chi connectivity index (χ0) is 19.1. The van der Waals surface area contributed by atoms with Gasteiger partial charge in [0.2, 0.25) is 0 Å². The molecule has 2 heterocycles. The first kappa shape index (κ1) is 19.4. The summed E-state index contributed by atoms with van der Waals surface area (Å²) < 4.78 is 1.96. The molecule has 0 amide bonds. The van der Waals surface area contributed by atoms with Crippen LogP contribution in [0.1, 0.15) is 22.1 Å². The monoisotopic (exact) mass is 402 g/mol. The molecular formula is C19H23ClN6S. The number of thiophene rings is 1. The Hall–Kier alpha value is -2.38. The van der Waals surface area contributed by atoms with E-state index in [9.17, 15) is 0 Å². The molecule has 0 atom stereocenters. The Bertz CT molecular complexity index is 888. The lowest BCUT2D eigenvalue weighted by Gasteiger charge is -2.12. The molecule has 0 aliphatic heterocycles. The minimum absolute atomic E-state index is 0.506. The van der Waals surface area contributed by atoms with E-state index >= 15 is 0 Å². The summed E-state index contributed by atoms with van der Waals surface area (Å²) in [5.41, 5.74) is 0.994. The van der Waals surface area contributed by atoms with Crippen molar-refractivity contribution in [1.82, 2.24) is 25.4 Å². The van der Waals surface area contributed by atoms with Crippen LogP contribution in [0.15, 0.2) is 46.8 Å². The fourth-order valence-corrected chi connectivity index (χ4v) is 3.40. The van der Waals surface area contributed by atoms with Crippen molar-refractivity contribution in [3.63, 3.8) is 0 Å². The van der Waals surface area contributed by atoms with Gasteiger partial charge in [0.05, 0.1) is 13.1 Å². The molecule has 0 saturated carbocycles. The Balaban J connectivity index is 1.64. The second-order valence-corrected chi connectivity index (χ2v) is 7.53. The quantitative estimate of drug-likeness (QED) is 0.470. The number of hydrogen-bond acceptors (Lipinski definition) is 4. The molecule has 0 bridgehead atoms. The first-order valence-corrected chi connectivity index (χ1v) is 10.0. The van der Waals surface area contributed by atoms with E-state index in [1.54, 1.807) is 11.3 Å². The average Bonchev–Trinajstić information content (AvgIpc) is 3.29. The molecule has 2 N–H and O–H groups in total. The Morgan fingerprint density at radius 3 is 2.74 bits per heavy atom. The average molecular weight is 403 g/mol. The predicted octanol–water partition coefficient (Wildman–Crippen LogP) is 3.32. The summed E-state index contributed by atoms with van der Waals surface area (Å²) in [6.45, 7) is 3.78. The number of nitrogens with one attached hydrogen (secondary N) is 2. The van der Waals surface area contributed by atoms with E-state index in [0.29, 0.717) is 13.1 Å². The highest BCUT2D eigenvalue weighted by molar-refractivity contribution is 7.09. The van der Waals surface area contributed by atoms with Crippen molar-refractivity contribution in [3.05, 3.63) is 68.9 Å². The van der Waals surface area contributed by atoms with E-state index in [1.807, 2.05) is 42.8 Å². The summed E-state index contributed by atoms with van der Waals surface area (Å²) in [4.78, 5) is 6.03. The summed E-state index contributed by atoms with van der Waals surface area (Å²) in [7, 11) is 1.96. The van der Waals surface area contributed by atoms with Crippen molar-refractivity contribution >= 4 is 28.9 Å². The van der Waals surface area contributed by atoms with E-state index in [2.05, 4.69) is 43.3 Å². The number of aromatic nitrogens is 3. The second-order valence-electron chi connectivity index (χ2n) is 6.09. The standard InChI is InChI=1S/C19H23ClN6S/c1-14-24-25-18(26(14)2)13-23-19(21-10-9-16-7-5-11-27-16)22-12-15-6-3-4-8-17(15)20/h3-8,11H,9-10,12-13H2,1-2H3,(H2,21,22,23). The van der Waals surface area contributed by atoms with Crippen LogP contribution in [0.4, 0.5) is 0 Å². The van der Waals surface area contributed by atoms with Crippen molar-refractivity contribution < 1.29 is 0 Å². The van der Waals surface area contributed by atoms with Gasteiger partial charge in [-0.1, -0.05) is 35.9 Å². The van der Waals surface area contributed by atoms with Crippen LogP contribution in [0.5, 0.6) is 0 Å². The van der Waals surface area contributed by atoms with Gasteiger partial charge in [0.25, 0.3) is 0 Å². The highest BCUT2D eigenvalue weighted by atomic mass is 35.5. The van der Waals surface area contributed by atoms with Crippen LogP contribution in [0.3, 0.4) is 0 Å². The van der Waals surface area contributed by atoms with Crippen LogP contribution in [-0.2, 0) is 26.6 Å². The van der Waals surface area contributed by atoms with Crippen molar-refractivity contribution in [2.75, 3.05) is 6.54 Å². The normalized spacial score (nSPS) is 11.6. The fourth-order valence-electron chi connectivity index (χ4n) is 2.49. The number of guanidine groups is 1. The molecule has 8 heteroatoms. The SMILES string of the molecule is Cc1nnc(CNC(=NCc2ccccc2Cl)NCCc2cccs2)n1C. The topological polar surface area (TPSA) is 67.1 Å². The van der Waals surface area contributed by atoms with Gasteiger partial charge in [-0.05, 0) is 36.4 Å². The number of nitrogens with zero attached hydrogens (tertiary/aromatic N) is 4. The molecule has 0 fully saturated rings. The van der Waals surface area contributed by atoms with E-state index in [1.165, 1.54) is 4.88 Å². The number of benzene rings is 1. The van der Waals surface area contributed by atoms with Crippen LogP contribution in [0.2, 0.25) is 5.02 Å². The molecule has 0 aliphatic carbocycles. The highest BCUT2D eigenvalue weighted by Gasteiger charge is 2.07. The molecule has 27 heavy (non-hydrogen) atoms. The molecule has 3 aromatic rings. The van der Waals surface area contributed by atoms with Gasteiger partial charge in [-0.15, -0.1) is 21.5 Å². The fraction of sp³-hybridized carbons (Fsp3) is 0.316. The van der Waals surface area contributed by atoms with Gasteiger partial charge in [0, 0.05) is 23.5 Å². The van der Waals surface area contributed by atoms with Crippen LogP contribution in [-0.4, -0.2) is 27.3 Å². The number of hydrogen-bond donors (Lipinski definition) is 2. The first-order chi connectivity index (χ1) is 13.1. The Morgan fingerprint density at radius 1 is 1.19 bits per heavy atom. The zero-order valence-electron chi connectivity index (χ0n) is 15.4. The predicted molar refractivity (Wildman–Crippen MR) is 111 cm³/mol. The minimum Gasteiger partial charge on any atom is -0.356 e. The summed E-state index contributed by atoms with van der Waals surface area (Å²) in [5, 5.41) is 17.8. The summed E-state index contributed by atoms with van der Waals surface area (Å²) in [6, 6.07) is 12.0. The van der Waals surface area contributed by atoms with Crippen LogP contribution in [0, 0.1) is 6.92 Å². The van der Waals surface area contributed by atoms with Crippen LogP contribution >= 0.6 is 22.9 Å². The third-order valence-corrected chi connectivity index (χ3v) is 5.51. The first-order valence-electron chi connectivity index (χ1n) is 8.76. The molecule has 0 radical (unpaired) electrons. The van der Waals surface area contributed by atoms with Crippen LogP contribution < -0.4 is 10.6 Å². The molecule has 0 spiro atoms. The van der Waals surface area contributed by atoms with Crippen molar-refractivity contribution in [2.24, 2.45) is 12.0 Å². The van der Waals surface area contributed by atoms with Gasteiger partial charge in [-0.25, -0.2) is 4.99 Å². The maximum Gasteiger partial charge on any atom is 0.191 e. The van der Waals surface area contributed by atoms with E-state index in [-0.39, 0.29) is 0 Å². The minimum atomic E-state index is 0.506. The molecule has 142 valence electrons. The van der Waals surface area contributed by atoms with E-state index in [4.69, 9.17) is 11.6 Å². The number of rotatable bonds is 7. The van der Waals surface area contributed by atoms with E-state index in [0.717, 1.165) is 41.2 Å². The number of halogens is 1. The molecular weight excluding hydrogens is 380 g/mol. The summed E-state index contributed by atoms with van der Waals surface area (Å²) in [6.07, 6.45) is 0.952.